The molecule has 1 spiro atoms. The van der Waals surface area contributed by atoms with E-state index in [9.17, 15) is 19.5 Å². The summed E-state index contributed by atoms with van der Waals surface area (Å²) in [4.78, 5) is 45.8. The van der Waals surface area contributed by atoms with Gasteiger partial charge in [0.2, 0.25) is 11.8 Å². The van der Waals surface area contributed by atoms with Gasteiger partial charge in [0.1, 0.15) is 18.2 Å². The number of hydrogen-bond donors (Lipinski definition) is 1. The third-order valence-corrected chi connectivity index (χ3v) is 11.0. The molecule has 4 heterocycles. The maximum atomic E-state index is 14.6. The van der Waals surface area contributed by atoms with E-state index in [1.54, 1.807) is 32.3 Å². The molecule has 2 amide bonds. The van der Waals surface area contributed by atoms with Gasteiger partial charge in [-0.2, -0.15) is 0 Å². The first-order chi connectivity index (χ1) is 20.3. The first-order valence-corrected chi connectivity index (χ1v) is 15.7. The molecule has 0 radical (unpaired) electrons. The van der Waals surface area contributed by atoms with Crippen LogP contribution in [0.2, 0.25) is 0 Å². The summed E-state index contributed by atoms with van der Waals surface area (Å²) < 4.78 is 6.21. The Bertz CT molecular complexity index is 1350. The average molecular weight is 596 g/mol. The Balaban J connectivity index is 1.45. The highest BCUT2D eigenvalue weighted by Gasteiger charge is 2.77. The molecule has 1 aromatic heterocycles. The van der Waals surface area contributed by atoms with Crippen LogP contribution in [0.15, 0.2) is 49.6 Å². The number of benzene rings is 1. The van der Waals surface area contributed by atoms with Gasteiger partial charge in [-0.25, -0.2) is 4.68 Å². The molecular weight excluding hydrogens is 554 g/mol. The van der Waals surface area contributed by atoms with Crippen LogP contribution in [0.4, 0.5) is 0 Å². The van der Waals surface area contributed by atoms with Crippen molar-refractivity contribution in [3.8, 4) is 0 Å². The summed E-state index contributed by atoms with van der Waals surface area (Å²) in [6.07, 6.45) is 8.46. The van der Waals surface area contributed by atoms with E-state index in [2.05, 4.69) is 23.5 Å². The number of carbonyl (C=O) groups is 3. The van der Waals surface area contributed by atoms with Gasteiger partial charge in [-0.15, -0.1) is 30.0 Å². The lowest BCUT2D eigenvalue weighted by Crippen LogP contribution is -2.55. The van der Waals surface area contributed by atoms with E-state index in [4.69, 9.17) is 4.74 Å². The van der Waals surface area contributed by atoms with Gasteiger partial charge in [0.15, 0.2) is 0 Å². The molecule has 42 heavy (non-hydrogen) atoms. The molecule has 226 valence electrons. The van der Waals surface area contributed by atoms with Crippen molar-refractivity contribution in [1.82, 2.24) is 24.8 Å². The number of allylic oxidation sites excluding steroid dienone is 1. The van der Waals surface area contributed by atoms with E-state index in [-0.39, 0.29) is 37.6 Å². The largest absolute Gasteiger partial charge is 0.465 e. The number of aliphatic hydroxyl groups excluding tert-OH is 1. The van der Waals surface area contributed by atoms with Crippen molar-refractivity contribution in [3.63, 3.8) is 0 Å². The number of unbranched alkanes of at least 4 members (excludes halogenated alkanes) is 3. The monoisotopic (exact) mass is 595 g/mol. The topological polar surface area (TPSA) is 118 Å². The van der Waals surface area contributed by atoms with Crippen LogP contribution in [-0.4, -0.2) is 89.5 Å². The number of nitrogens with zero attached hydrogens (tertiary/aromatic N) is 5. The fourth-order valence-electron chi connectivity index (χ4n) is 7.08. The number of thioether (sulfide) groups is 1. The Hall–Kier alpha value is -3.18. The van der Waals surface area contributed by atoms with Crippen LogP contribution in [0.25, 0.3) is 11.0 Å². The van der Waals surface area contributed by atoms with E-state index < -0.39 is 27.4 Å². The van der Waals surface area contributed by atoms with Crippen LogP contribution in [-0.2, 0) is 25.8 Å². The summed E-state index contributed by atoms with van der Waals surface area (Å²) >= 11 is 1.63. The minimum Gasteiger partial charge on any atom is -0.465 e. The minimum absolute atomic E-state index is 0.00476. The highest BCUT2D eigenvalue weighted by Crippen LogP contribution is 2.71. The molecule has 3 saturated heterocycles. The Morgan fingerprint density at radius 1 is 1.19 bits per heavy atom. The number of hydrogen-bond acceptors (Lipinski definition) is 8. The second-order valence-electron chi connectivity index (χ2n) is 11.7. The van der Waals surface area contributed by atoms with Crippen LogP contribution in [0.1, 0.15) is 51.9 Å². The molecule has 2 unspecified atom stereocenters. The number of amides is 2. The molecule has 11 heteroatoms. The van der Waals surface area contributed by atoms with Crippen molar-refractivity contribution < 1.29 is 24.2 Å². The highest BCUT2D eigenvalue weighted by atomic mass is 32.2. The minimum atomic E-state index is -0.749. The van der Waals surface area contributed by atoms with Crippen molar-refractivity contribution in [1.29, 1.82) is 0 Å². The third kappa shape index (κ3) is 5.25. The molecule has 0 saturated carbocycles. The van der Waals surface area contributed by atoms with Crippen molar-refractivity contribution >= 4 is 40.6 Å². The molecule has 3 aliphatic rings. The van der Waals surface area contributed by atoms with E-state index in [1.165, 1.54) is 0 Å². The molecule has 1 aromatic carbocycles. The lowest BCUT2D eigenvalue weighted by Gasteiger charge is -2.37. The Labute approximate surface area is 251 Å². The first kappa shape index (κ1) is 30.3. The fraction of sp³-hybridized carbons (Fsp3) is 0.581. The van der Waals surface area contributed by atoms with Gasteiger partial charge in [0.05, 0.1) is 28.7 Å². The fourth-order valence-corrected chi connectivity index (χ4v) is 9.42. The lowest BCUT2D eigenvalue weighted by atomic mass is 9.66. The smallest absolute Gasteiger partial charge is 0.311 e. The van der Waals surface area contributed by atoms with E-state index in [0.717, 1.165) is 36.7 Å². The van der Waals surface area contributed by atoms with Crippen molar-refractivity contribution in [3.05, 3.63) is 49.6 Å². The number of aromatic nitrogens is 3. The predicted octanol–water partition coefficient (Wildman–Crippen LogP) is 3.56. The van der Waals surface area contributed by atoms with Gasteiger partial charge < -0.3 is 19.6 Å². The number of aliphatic hydroxyl groups is 1. The van der Waals surface area contributed by atoms with Gasteiger partial charge in [0.25, 0.3) is 0 Å². The second-order valence-corrected chi connectivity index (χ2v) is 13.6. The van der Waals surface area contributed by atoms with Crippen LogP contribution in [0.5, 0.6) is 0 Å². The SMILES string of the molecule is C=CCCCCOC(=O)[C@@H]1[C@H]2C(=O)N(CCCCO)C(C(=O)N(CC=C)Cn3nnc4ccccc43)C23CC[C@@]1(C)S3. The number of esters is 1. The molecular formula is C31H41N5O5S. The zero-order chi connectivity index (χ0) is 29.9. The standard InChI is InChI=1S/C31H41N5O5S/c1-4-6-7-12-20-41-29(40)25-24-27(38)35(18-10-11-19-37)26(31(24)16-15-30(25,3)42-31)28(39)34(17-5-2)21-36-23-14-9-8-13-22(23)32-33-36/h4-5,8-9,13-14,24-26,37H,1-2,6-7,10-12,15-21H2,3H3/t24-,25-,26?,30+,31?/m0/s1. The van der Waals surface area contributed by atoms with Crippen LogP contribution < -0.4 is 0 Å². The number of rotatable bonds is 15. The zero-order valence-corrected chi connectivity index (χ0v) is 25.1. The summed E-state index contributed by atoms with van der Waals surface area (Å²) in [5.74, 6) is -1.95. The first-order valence-electron chi connectivity index (χ1n) is 14.9. The molecule has 5 atom stereocenters. The van der Waals surface area contributed by atoms with Crippen molar-refractivity contribution in [2.45, 2.75) is 74.1 Å². The molecule has 3 aliphatic heterocycles. The van der Waals surface area contributed by atoms with Crippen LogP contribution in [0, 0.1) is 11.8 Å². The number of carbonyl (C=O) groups excluding carboxylic acids is 3. The average Bonchev–Trinajstić information content (AvgIpc) is 3.68. The summed E-state index contributed by atoms with van der Waals surface area (Å²) in [5.41, 5.74) is 1.53. The normalized spacial score (nSPS) is 27.8. The van der Waals surface area contributed by atoms with E-state index >= 15 is 0 Å². The Kier molecular flexibility index (Phi) is 9.08. The van der Waals surface area contributed by atoms with Crippen molar-refractivity contribution in [2.24, 2.45) is 11.8 Å². The number of fused-ring (bicyclic) bond motifs is 2. The Morgan fingerprint density at radius 2 is 2.00 bits per heavy atom. The molecule has 1 N–H and O–H groups in total. The second kappa shape index (κ2) is 12.6. The number of para-hydroxylation sites is 1. The molecule has 10 nitrogen and oxygen atoms in total. The number of likely N-dealkylation sites (tertiary alicyclic amines) is 1. The van der Waals surface area contributed by atoms with Crippen LogP contribution in [0.3, 0.4) is 0 Å². The molecule has 2 aromatic rings. The van der Waals surface area contributed by atoms with E-state index in [1.807, 2.05) is 37.3 Å². The Morgan fingerprint density at radius 3 is 2.76 bits per heavy atom. The van der Waals surface area contributed by atoms with Crippen LogP contribution >= 0.6 is 11.8 Å². The summed E-state index contributed by atoms with van der Waals surface area (Å²) in [6, 6.07) is 6.81. The molecule has 3 fully saturated rings. The molecule has 2 bridgehead atoms. The third-order valence-electron chi connectivity index (χ3n) is 9.00. The summed E-state index contributed by atoms with van der Waals surface area (Å²) in [7, 11) is 0. The highest BCUT2D eigenvalue weighted by molar-refractivity contribution is 8.02. The van der Waals surface area contributed by atoms with Gasteiger partial charge in [-0.05, 0) is 64.0 Å². The summed E-state index contributed by atoms with van der Waals surface area (Å²) in [6.45, 7) is 10.7. The maximum Gasteiger partial charge on any atom is 0.311 e. The predicted molar refractivity (Wildman–Crippen MR) is 161 cm³/mol. The van der Waals surface area contributed by atoms with Gasteiger partial charge in [-0.1, -0.05) is 29.5 Å². The quantitative estimate of drug-likeness (QED) is 0.189. The number of ether oxygens (including phenoxy) is 1. The maximum absolute atomic E-state index is 14.6. The van der Waals surface area contributed by atoms with Gasteiger partial charge >= 0.3 is 5.97 Å². The zero-order valence-electron chi connectivity index (χ0n) is 24.3. The summed E-state index contributed by atoms with van der Waals surface area (Å²) in [5, 5.41) is 18.0. The van der Waals surface area contributed by atoms with Gasteiger partial charge in [-0.3, -0.25) is 14.4 Å². The molecule has 0 aliphatic carbocycles. The lowest BCUT2D eigenvalue weighted by molar-refractivity contribution is -0.155. The molecule has 5 rings (SSSR count). The van der Waals surface area contributed by atoms with Crippen molar-refractivity contribution in [2.75, 3.05) is 26.3 Å². The van der Waals surface area contributed by atoms with Gasteiger partial charge in [0, 0.05) is 24.4 Å². The van der Waals surface area contributed by atoms with E-state index in [0.29, 0.717) is 32.4 Å².